The highest BCUT2D eigenvalue weighted by Gasteiger charge is 2.20. The summed E-state index contributed by atoms with van der Waals surface area (Å²) in [5.74, 6) is 0.552. The van der Waals surface area contributed by atoms with E-state index in [2.05, 4.69) is 48.4 Å². The lowest BCUT2D eigenvalue weighted by Gasteiger charge is -2.15. The number of pyridine rings is 1. The van der Waals surface area contributed by atoms with Crippen LogP contribution in [0.3, 0.4) is 0 Å². The average molecular weight is 309 g/mol. The Morgan fingerprint density at radius 3 is 2.43 bits per heavy atom. The molecule has 1 aromatic heterocycles. The number of amides is 1. The number of likely N-dealkylation sites (tertiary alicyclic amines) is 1. The SMILES string of the molecule is CC(C)c1ccc(Nc2ccnc(C(=O)N3CCCC3)c2)cc1. The van der Waals surface area contributed by atoms with Crippen molar-refractivity contribution in [2.45, 2.75) is 32.6 Å². The van der Waals surface area contributed by atoms with Crippen LogP contribution >= 0.6 is 0 Å². The molecule has 1 saturated heterocycles. The predicted molar refractivity (Wildman–Crippen MR) is 93.2 cm³/mol. The van der Waals surface area contributed by atoms with Crippen molar-refractivity contribution < 1.29 is 4.79 Å². The maximum absolute atomic E-state index is 12.4. The Morgan fingerprint density at radius 2 is 1.78 bits per heavy atom. The summed E-state index contributed by atoms with van der Waals surface area (Å²) >= 11 is 0. The van der Waals surface area contributed by atoms with E-state index in [4.69, 9.17) is 0 Å². The first kappa shape index (κ1) is 15.5. The van der Waals surface area contributed by atoms with Crippen molar-refractivity contribution >= 4 is 17.3 Å². The average Bonchev–Trinajstić information content (AvgIpc) is 3.09. The van der Waals surface area contributed by atoms with Gasteiger partial charge in [-0.2, -0.15) is 0 Å². The van der Waals surface area contributed by atoms with E-state index < -0.39 is 0 Å². The number of carbonyl (C=O) groups is 1. The number of carbonyl (C=O) groups excluding carboxylic acids is 1. The number of rotatable bonds is 4. The van der Waals surface area contributed by atoms with E-state index in [1.807, 2.05) is 17.0 Å². The van der Waals surface area contributed by atoms with Gasteiger partial charge in [-0.1, -0.05) is 26.0 Å². The van der Waals surface area contributed by atoms with Crippen molar-refractivity contribution in [3.63, 3.8) is 0 Å². The van der Waals surface area contributed by atoms with E-state index in [0.717, 1.165) is 37.3 Å². The lowest BCUT2D eigenvalue weighted by molar-refractivity contribution is 0.0787. The van der Waals surface area contributed by atoms with E-state index in [1.54, 1.807) is 6.20 Å². The van der Waals surface area contributed by atoms with Gasteiger partial charge in [0.1, 0.15) is 5.69 Å². The van der Waals surface area contributed by atoms with E-state index in [-0.39, 0.29) is 5.91 Å². The summed E-state index contributed by atoms with van der Waals surface area (Å²) in [6, 6.07) is 12.1. The fourth-order valence-corrected chi connectivity index (χ4v) is 2.83. The molecule has 2 heterocycles. The molecule has 1 aliphatic rings. The summed E-state index contributed by atoms with van der Waals surface area (Å²) in [5, 5.41) is 3.35. The Kier molecular flexibility index (Phi) is 4.60. The first-order valence-corrected chi connectivity index (χ1v) is 8.26. The maximum Gasteiger partial charge on any atom is 0.272 e. The third-order valence-corrected chi connectivity index (χ3v) is 4.24. The molecule has 1 aliphatic heterocycles. The fraction of sp³-hybridized carbons (Fsp3) is 0.368. The molecule has 3 rings (SSSR count). The van der Waals surface area contributed by atoms with Crippen LogP contribution in [-0.2, 0) is 0 Å². The number of nitrogens with zero attached hydrogens (tertiary/aromatic N) is 2. The van der Waals surface area contributed by atoms with E-state index in [0.29, 0.717) is 11.6 Å². The Balaban J connectivity index is 1.73. The summed E-state index contributed by atoms with van der Waals surface area (Å²) in [4.78, 5) is 18.5. The molecule has 0 spiro atoms. The number of hydrogen-bond donors (Lipinski definition) is 1. The molecule has 0 saturated carbocycles. The van der Waals surface area contributed by atoms with Crippen molar-refractivity contribution in [2.75, 3.05) is 18.4 Å². The maximum atomic E-state index is 12.4. The number of anilines is 2. The Bertz CT molecular complexity index is 673. The third kappa shape index (κ3) is 3.70. The highest BCUT2D eigenvalue weighted by molar-refractivity contribution is 5.93. The van der Waals surface area contributed by atoms with E-state index in [9.17, 15) is 4.79 Å². The van der Waals surface area contributed by atoms with Crippen molar-refractivity contribution in [1.29, 1.82) is 0 Å². The standard InChI is InChI=1S/C19H23N3O/c1-14(2)15-5-7-16(8-6-15)21-17-9-10-20-18(13-17)19(23)22-11-3-4-12-22/h5-10,13-14H,3-4,11-12H2,1-2H3,(H,20,21). The molecule has 2 aromatic rings. The molecule has 120 valence electrons. The minimum absolute atomic E-state index is 0.0290. The molecule has 0 unspecified atom stereocenters. The van der Waals surface area contributed by atoms with Crippen molar-refractivity contribution in [2.24, 2.45) is 0 Å². The monoisotopic (exact) mass is 309 g/mol. The van der Waals surface area contributed by atoms with Crippen LogP contribution in [0.2, 0.25) is 0 Å². The van der Waals surface area contributed by atoms with Crippen molar-refractivity contribution in [3.8, 4) is 0 Å². The second-order valence-corrected chi connectivity index (χ2v) is 6.33. The van der Waals surface area contributed by atoms with Crippen LogP contribution in [0.5, 0.6) is 0 Å². The minimum atomic E-state index is 0.0290. The summed E-state index contributed by atoms with van der Waals surface area (Å²) < 4.78 is 0. The second kappa shape index (κ2) is 6.82. The number of hydrogen-bond acceptors (Lipinski definition) is 3. The molecule has 0 atom stereocenters. The largest absolute Gasteiger partial charge is 0.355 e. The van der Waals surface area contributed by atoms with Crippen molar-refractivity contribution in [1.82, 2.24) is 9.88 Å². The normalized spacial score (nSPS) is 14.3. The second-order valence-electron chi connectivity index (χ2n) is 6.33. The van der Waals surface area contributed by atoms with Crippen LogP contribution in [0.25, 0.3) is 0 Å². The van der Waals surface area contributed by atoms with Crippen molar-refractivity contribution in [3.05, 3.63) is 53.9 Å². The Morgan fingerprint density at radius 1 is 1.09 bits per heavy atom. The summed E-state index contributed by atoms with van der Waals surface area (Å²) in [6.45, 7) is 6.05. The number of aromatic nitrogens is 1. The molecule has 1 N–H and O–H groups in total. The summed E-state index contributed by atoms with van der Waals surface area (Å²) in [7, 11) is 0. The molecule has 1 aromatic carbocycles. The van der Waals surface area contributed by atoms with Gasteiger partial charge in [0, 0.05) is 30.7 Å². The van der Waals surface area contributed by atoms with Gasteiger partial charge in [-0.05, 0) is 48.6 Å². The van der Waals surface area contributed by atoms with Gasteiger partial charge in [-0.15, -0.1) is 0 Å². The van der Waals surface area contributed by atoms with Crippen LogP contribution in [0.4, 0.5) is 11.4 Å². The molecule has 1 fully saturated rings. The molecule has 4 heteroatoms. The Hall–Kier alpha value is -2.36. The van der Waals surface area contributed by atoms with Gasteiger partial charge < -0.3 is 10.2 Å². The van der Waals surface area contributed by atoms with Crippen LogP contribution in [0.1, 0.15) is 48.7 Å². The molecule has 23 heavy (non-hydrogen) atoms. The summed E-state index contributed by atoms with van der Waals surface area (Å²) in [5.41, 5.74) is 3.73. The van der Waals surface area contributed by atoms with Gasteiger partial charge >= 0.3 is 0 Å². The zero-order chi connectivity index (χ0) is 16.2. The van der Waals surface area contributed by atoms with Crippen LogP contribution < -0.4 is 5.32 Å². The van der Waals surface area contributed by atoms with Crippen LogP contribution in [0.15, 0.2) is 42.6 Å². The molecule has 4 nitrogen and oxygen atoms in total. The lowest BCUT2D eigenvalue weighted by atomic mass is 10.0. The van der Waals surface area contributed by atoms with E-state index in [1.165, 1.54) is 5.56 Å². The molecular weight excluding hydrogens is 286 g/mol. The fourth-order valence-electron chi connectivity index (χ4n) is 2.83. The highest BCUT2D eigenvalue weighted by atomic mass is 16.2. The number of nitrogens with one attached hydrogen (secondary N) is 1. The van der Waals surface area contributed by atoms with Gasteiger partial charge in [-0.25, -0.2) is 0 Å². The number of benzene rings is 1. The Labute approximate surface area is 137 Å². The molecule has 0 aliphatic carbocycles. The topological polar surface area (TPSA) is 45.2 Å². The minimum Gasteiger partial charge on any atom is -0.355 e. The highest BCUT2D eigenvalue weighted by Crippen LogP contribution is 2.21. The smallest absolute Gasteiger partial charge is 0.272 e. The lowest BCUT2D eigenvalue weighted by Crippen LogP contribution is -2.28. The van der Waals surface area contributed by atoms with Gasteiger partial charge in [0.25, 0.3) is 5.91 Å². The quantitative estimate of drug-likeness (QED) is 0.921. The van der Waals surface area contributed by atoms with Crippen LogP contribution in [0, 0.1) is 0 Å². The van der Waals surface area contributed by atoms with E-state index >= 15 is 0 Å². The van der Waals surface area contributed by atoms with Gasteiger partial charge in [0.15, 0.2) is 0 Å². The van der Waals surface area contributed by atoms with Gasteiger partial charge in [0.2, 0.25) is 0 Å². The first-order valence-electron chi connectivity index (χ1n) is 8.26. The zero-order valence-electron chi connectivity index (χ0n) is 13.7. The van der Waals surface area contributed by atoms with Gasteiger partial charge in [-0.3, -0.25) is 9.78 Å². The molecule has 0 radical (unpaired) electrons. The zero-order valence-corrected chi connectivity index (χ0v) is 13.7. The summed E-state index contributed by atoms with van der Waals surface area (Å²) in [6.07, 6.45) is 3.87. The van der Waals surface area contributed by atoms with Gasteiger partial charge in [0.05, 0.1) is 0 Å². The van der Waals surface area contributed by atoms with Crippen LogP contribution in [-0.4, -0.2) is 28.9 Å². The molecular formula is C19H23N3O. The first-order chi connectivity index (χ1) is 11.1. The predicted octanol–water partition coefficient (Wildman–Crippen LogP) is 4.18. The third-order valence-electron chi connectivity index (χ3n) is 4.24. The molecule has 0 bridgehead atoms. The molecule has 1 amide bonds.